The third kappa shape index (κ3) is 1.89. The van der Waals surface area contributed by atoms with E-state index in [4.69, 9.17) is 9.47 Å². The molecule has 0 spiro atoms. The van der Waals surface area contributed by atoms with E-state index < -0.39 is 11.6 Å². The Labute approximate surface area is 118 Å². The van der Waals surface area contributed by atoms with E-state index in [1.165, 1.54) is 0 Å². The van der Waals surface area contributed by atoms with Crippen LogP contribution in [0.3, 0.4) is 0 Å². The highest BCUT2D eigenvalue weighted by Crippen LogP contribution is 2.48. The first-order chi connectivity index (χ1) is 8.54. The lowest BCUT2D eigenvalue weighted by molar-refractivity contribution is 0.351. The number of benzene rings is 2. The fraction of sp³-hybridized carbons (Fsp3) is 0. The van der Waals surface area contributed by atoms with Gasteiger partial charge in [0.2, 0.25) is 0 Å². The average molecular weight is 378 g/mol. The summed E-state index contributed by atoms with van der Waals surface area (Å²) in [7, 11) is 0. The van der Waals surface area contributed by atoms with E-state index in [0.29, 0.717) is 11.5 Å². The van der Waals surface area contributed by atoms with Crippen molar-refractivity contribution in [1.82, 2.24) is 0 Å². The first-order valence-corrected chi connectivity index (χ1v) is 6.47. The molecular formula is C12H4Br2F2O2. The zero-order valence-electron chi connectivity index (χ0n) is 8.64. The lowest BCUT2D eigenvalue weighted by Gasteiger charge is -2.21. The maximum absolute atomic E-state index is 13.1. The number of halogens is 4. The number of rotatable bonds is 0. The van der Waals surface area contributed by atoms with E-state index in [-0.39, 0.29) is 11.5 Å². The van der Waals surface area contributed by atoms with Gasteiger partial charge < -0.3 is 9.47 Å². The van der Waals surface area contributed by atoms with Crippen molar-refractivity contribution in [2.45, 2.75) is 0 Å². The summed E-state index contributed by atoms with van der Waals surface area (Å²) >= 11 is 6.65. The molecule has 2 aromatic rings. The lowest BCUT2D eigenvalue weighted by Crippen LogP contribution is -2.01. The molecule has 18 heavy (non-hydrogen) atoms. The topological polar surface area (TPSA) is 18.5 Å². The van der Waals surface area contributed by atoms with Crippen molar-refractivity contribution in [3.05, 3.63) is 44.8 Å². The van der Waals surface area contributed by atoms with E-state index in [1.807, 2.05) is 0 Å². The fourth-order valence-corrected chi connectivity index (χ4v) is 2.22. The molecule has 3 rings (SSSR count). The van der Waals surface area contributed by atoms with Crippen LogP contribution in [0.2, 0.25) is 0 Å². The molecule has 0 saturated carbocycles. The summed E-state index contributed by atoms with van der Waals surface area (Å²) in [5, 5.41) is 0. The van der Waals surface area contributed by atoms with Crippen LogP contribution >= 0.6 is 31.9 Å². The van der Waals surface area contributed by atoms with Gasteiger partial charge in [-0.1, -0.05) is 0 Å². The number of hydrogen-bond acceptors (Lipinski definition) is 2. The second-order valence-electron chi connectivity index (χ2n) is 3.63. The van der Waals surface area contributed by atoms with E-state index in [1.54, 1.807) is 12.1 Å². The molecular weight excluding hydrogens is 374 g/mol. The maximum Gasteiger partial charge on any atom is 0.173 e. The minimum Gasteiger partial charge on any atom is -0.449 e. The van der Waals surface area contributed by atoms with Gasteiger partial charge in [-0.25, -0.2) is 8.78 Å². The van der Waals surface area contributed by atoms with Crippen molar-refractivity contribution in [3.8, 4) is 23.0 Å². The van der Waals surface area contributed by atoms with Crippen LogP contribution in [0.4, 0.5) is 8.78 Å². The SMILES string of the molecule is Fc1cc2c(cc1F)Oc1cc(Br)c(Br)cc1O2. The average Bonchev–Trinajstić information content (AvgIpc) is 2.31. The van der Waals surface area contributed by atoms with Crippen LogP contribution in [0.25, 0.3) is 0 Å². The summed E-state index contributed by atoms with van der Waals surface area (Å²) in [5.74, 6) is -0.785. The van der Waals surface area contributed by atoms with Gasteiger partial charge >= 0.3 is 0 Å². The summed E-state index contributed by atoms with van der Waals surface area (Å²) in [4.78, 5) is 0. The molecule has 0 bridgehead atoms. The molecule has 1 aliphatic heterocycles. The van der Waals surface area contributed by atoms with E-state index in [9.17, 15) is 8.78 Å². The molecule has 6 heteroatoms. The summed E-state index contributed by atoms with van der Waals surface area (Å²) in [5.41, 5.74) is 0. The van der Waals surface area contributed by atoms with Crippen molar-refractivity contribution in [3.63, 3.8) is 0 Å². The van der Waals surface area contributed by atoms with Gasteiger partial charge in [-0.2, -0.15) is 0 Å². The Morgan fingerprint density at radius 2 is 1.00 bits per heavy atom. The van der Waals surface area contributed by atoms with Crippen molar-refractivity contribution in [1.29, 1.82) is 0 Å². The van der Waals surface area contributed by atoms with Crippen LogP contribution in [-0.2, 0) is 0 Å². The number of ether oxygens (including phenoxy) is 2. The quantitative estimate of drug-likeness (QED) is 0.523. The molecule has 1 heterocycles. The molecule has 0 fully saturated rings. The monoisotopic (exact) mass is 376 g/mol. The second-order valence-corrected chi connectivity index (χ2v) is 5.34. The van der Waals surface area contributed by atoms with Crippen molar-refractivity contribution < 1.29 is 18.3 Å². The highest BCUT2D eigenvalue weighted by molar-refractivity contribution is 9.13. The molecule has 0 radical (unpaired) electrons. The zero-order chi connectivity index (χ0) is 12.9. The van der Waals surface area contributed by atoms with Gasteiger partial charge in [0.05, 0.1) is 0 Å². The van der Waals surface area contributed by atoms with Crippen LogP contribution in [0.5, 0.6) is 23.0 Å². The van der Waals surface area contributed by atoms with Crippen molar-refractivity contribution in [2.75, 3.05) is 0 Å². The maximum atomic E-state index is 13.1. The Bertz CT molecular complexity index is 548. The molecule has 0 atom stereocenters. The van der Waals surface area contributed by atoms with Gasteiger partial charge in [-0.05, 0) is 31.9 Å². The van der Waals surface area contributed by atoms with Crippen LogP contribution in [0, 0.1) is 11.6 Å². The molecule has 0 aromatic heterocycles. The lowest BCUT2D eigenvalue weighted by atomic mass is 10.2. The van der Waals surface area contributed by atoms with Crippen molar-refractivity contribution >= 4 is 31.9 Å². The molecule has 0 saturated heterocycles. The summed E-state index contributed by atoms with van der Waals surface area (Å²) < 4.78 is 38.7. The van der Waals surface area contributed by atoms with E-state index in [2.05, 4.69) is 31.9 Å². The predicted octanol–water partition coefficient (Wildman–Crippen LogP) is 5.39. The second kappa shape index (κ2) is 4.20. The predicted molar refractivity (Wildman–Crippen MR) is 68.3 cm³/mol. The van der Waals surface area contributed by atoms with E-state index >= 15 is 0 Å². The Morgan fingerprint density at radius 3 is 1.39 bits per heavy atom. The Balaban J connectivity index is 2.12. The van der Waals surface area contributed by atoms with Crippen molar-refractivity contribution in [2.24, 2.45) is 0 Å². The molecule has 0 aliphatic carbocycles. The molecule has 0 unspecified atom stereocenters. The van der Waals surface area contributed by atoms with Crippen LogP contribution < -0.4 is 9.47 Å². The molecule has 2 nitrogen and oxygen atoms in total. The summed E-state index contributed by atoms with van der Waals surface area (Å²) in [6.45, 7) is 0. The molecule has 1 aliphatic rings. The number of fused-ring (bicyclic) bond motifs is 2. The van der Waals surface area contributed by atoms with Gasteiger partial charge in [-0.15, -0.1) is 0 Å². The van der Waals surface area contributed by atoms with E-state index in [0.717, 1.165) is 21.1 Å². The molecule has 92 valence electrons. The summed E-state index contributed by atoms with van der Waals surface area (Å²) in [6.07, 6.45) is 0. The Hall–Kier alpha value is -1.14. The third-order valence-corrected chi connectivity index (χ3v) is 4.26. The van der Waals surface area contributed by atoms with Gasteiger partial charge in [0.1, 0.15) is 0 Å². The highest BCUT2D eigenvalue weighted by atomic mass is 79.9. The first-order valence-electron chi connectivity index (χ1n) is 4.88. The first kappa shape index (κ1) is 11.9. The Kier molecular flexibility index (Phi) is 2.79. The third-order valence-electron chi connectivity index (χ3n) is 2.41. The highest BCUT2D eigenvalue weighted by Gasteiger charge is 2.22. The molecule has 0 N–H and O–H groups in total. The smallest absolute Gasteiger partial charge is 0.173 e. The zero-order valence-corrected chi connectivity index (χ0v) is 11.8. The van der Waals surface area contributed by atoms with Crippen LogP contribution in [0.1, 0.15) is 0 Å². The standard InChI is InChI=1S/C12H4Br2F2O2/c13-5-1-9-10(2-6(5)14)18-12-4-8(16)7(15)3-11(12)17-9/h1-4H. The summed E-state index contributed by atoms with van der Waals surface area (Å²) in [6, 6.07) is 5.29. The molecule has 2 aromatic carbocycles. The van der Waals surface area contributed by atoms with Crippen LogP contribution in [-0.4, -0.2) is 0 Å². The van der Waals surface area contributed by atoms with Gasteiger partial charge in [0.25, 0.3) is 0 Å². The largest absolute Gasteiger partial charge is 0.449 e. The normalized spacial score (nSPS) is 12.2. The Morgan fingerprint density at radius 1 is 0.667 bits per heavy atom. The fourth-order valence-electron chi connectivity index (χ4n) is 1.58. The number of hydrogen-bond donors (Lipinski definition) is 0. The van der Waals surface area contributed by atoms with Gasteiger partial charge in [0, 0.05) is 33.2 Å². The van der Waals surface area contributed by atoms with Gasteiger partial charge in [-0.3, -0.25) is 0 Å². The minimum absolute atomic E-state index is 0.149. The van der Waals surface area contributed by atoms with Crippen LogP contribution in [0.15, 0.2) is 33.2 Å². The van der Waals surface area contributed by atoms with Gasteiger partial charge in [0.15, 0.2) is 34.6 Å². The minimum atomic E-state index is -0.975. The molecule has 0 amide bonds.